The standard InChI is InChI=1S/C6H13N3O3.C4H8O3/c7-4(5(10)11)2-1-3-9-6(8)12;1-3(5)2-4(6)7/h4H,1-3,7H2,(H,10,11)(H3,8,9,12);3,5H,2H2,1H3,(H,6,7). The number of aliphatic carboxylic acids is 2. The van der Waals surface area contributed by atoms with Gasteiger partial charge in [0.25, 0.3) is 0 Å². The van der Waals surface area contributed by atoms with E-state index >= 15 is 0 Å². The van der Waals surface area contributed by atoms with E-state index in [1.54, 1.807) is 0 Å². The number of rotatable bonds is 7. The van der Waals surface area contributed by atoms with Crippen molar-refractivity contribution in [1.82, 2.24) is 5.32 Å². The smallest absolute Gasteiger partial charge is 0.320 e. The van der Waals surface area contributed by atoms with Crippen molar-refractivity contribution in [3.63, 3.8) is 0 Å². The predicted molar refractivity (Wildman–Crippen MR) is 66.4 cm³/mol. The second-order valence-electron chi connectivity index (χ2n) is 3.82. The number of amides is 2. The zero-order chi connectivity index (χ0) is 15.4. The lowest BCUT2D eigenvalue weighted by Gasteiger charge is -2.05. The Labute approximate surface area is 110 Å². The van der Waals surface area contributed by atoms with Crippen LogP contribution in [0.15, 0.2) is 0 Å². The Bertz CT molecular complexity index is 295. The van der Waals surface area contributed by atoms with Crippen molar-refractivity contribution in [2.75, 3.05) is 6.54 Å². The SMILES string of the molecule is CC(O)CC(=O)O.NC(=O)NCCCC(N)C(=O)O. The highest BCUT2D eigenvalue weighted by atomic mass is 16.4. The van der Waals surface area contributed by atoms with E-state index in [9.17, 15) is 14.4 Å². The fourth-order valence-electron chi connectivity index (χ4n) is 0.910. The largest absolute Gasteiger partial charge is 0.481 e. The molecule has 0 aliphatic carbocycles. The van der Waals surface area contributed by atoms with E-state index in [1.807, 2.05) is 0 Å². The Balaban J connectivity index is 0. The third kappa shape index (κ3) is 18.7. The summed E-state index contributed by atoms with van der Waals surface area (Å²) in [4.78, 5) is 30.0. The number of hydrogen-bond acceptors (Lipinski definition) is 5. The number of aliphatic hydroxyl groups excluding tert-OH is 1. The number of carbonyl (C=O) groups is 3. The highest BCUT2D eigenvalue weighted by molar-refractivity contribution is 5.73. The summed E-state index contributed by atoms with van der Waals surface area (Å²) in [6, 6.07) is -1.47. The lowest BCUT2D eigenvalue weighted by molar-refractivity contribution is -0.139. The Kier molecular flexibility index (Phi) is 11.5. The molecule has 112 valence electrons. The average Bonchev–Trinajstić information content (AvgIpc) is 2.22. The maximum Gasteiger partial charge on any atom is 0.320 e. The molecule has 0 aromatic rings. The second-order valence-corrected chi connectivity index (χ2v) is 3.82. The fraction of sp³-hybridized carbons (Fsp3) is 0.700. The summed E-state index contributed by atoms with van der Waals surface area (Å²) in [5.74, 6) is -2.00. The number of carboxylic acid groups (broad SMARTS) is 2. The van der Waals surface area contributed by atoms with Crippen LogP contribution in [0.25, 0.3) is 0 Å². The highest BCUT2D eigenvalue weighted by Crippen LogP contribution is 1.92. The van der Waals surface area contributed by atoms with Gasteiger partial charge >= 0.3 is 18.0 Å². The fourth-order valence-corrected chi connectivity index (χ4v) is 0.910. The number of urea groups is 1. The van der Waals surface area contributed by atoms with E-state index in [0.717, 1.165) is 0 Å². The van der Waals surface area contributed by atoms with E-state index in [0.29, 0.717) is 19.4 Å². The molecule has 0 radical (unpaired) electrons. The molecule has 0 saturated carbocycles. The normalized spacial score (nSPS) is 12.6. The lowest BCUT2D eigenvalue weighted by Crippen LogP contribution is -2.33. The van der Waals surface area contributed by atoms with Gasteiger partial charge in [0.1, 0.15) is 6.04 Å². The second kappa shape index (κ2) is 11.2. The van der Waals surface area contributed by atoms with Gasteiger partial charge < -0.3 is 32.1 Å². The van der Waals surface area contributed by atoms with E-state index in [-0.39, 0.29) is 6.42 Å². The van der Waals surface area contributed by atoms with Crippen LogP contribution >= 0.6 is 0 Å². The van der Waals surface area contributed by atoms with Crippen LogP contribution in [0.5, 0.6) is 0 Å². The van der Waals surface area contributed by atoms with Crippen molar-refractivity contribution in [2.24, 2.45) is 11.5 Å². The van der Waals surface area contributed by atoms with Crippen molar-refractivity contribution in [1.29, 1.82) is 0 Å². The van der Waals surface area contributed by atoms with Gasteiger partial charge in [0.15, 0.2) is 0 Å². The number of aliphatic hydroxyl groups is 1. The molecule has 0 aromatic heterocycles. The molecule has 2 unspecified atom stereocenters. The minimum absolute atomic E-state index is 0.167. The Hall–Kier alpha value is -1.87. The third-order valence-corrected chi connectivity index (χ3v) is 1.78. The maximum absolute atomic E-state index is 10.2. The van der Waals surface area contributed by atoms with Gasteiger partial charge in [-0.15, -0.1) is 0 Å². The van der Waals surface area contributed by atoms with Crippen LogP contribution < -0.4 is 16.8 Å². The molecule has 9 heteroatoms. The molecule has 0 spiro atoms. The molecule has 8 N–H and O–H groups in total. The summed E-state index contributed by atoms with van der Waals surface area (Å²) < 4.78 is 0. The van der Waals surface area contributed by atoms with Crippen LogP contribution in [-0.2, 0) is 9.59 Å². The first-order valence-corrected chi connectivity index (χ1v) is 5.58. The summed E-state index contributed by atoms with van der Waals surface area (Å²) in [5.41, 5.74) is 9.96. The van der Waals surface area contributed by atoms with Crippen LogP contribution in [0.2, 0.25) is 0 Å². The number of hydrogen-bond donors (Lipinski definition) is 6. The van der Waals surface area contributed by atoms with E-state index < -0.39 is 30.1 Å². The lowest BCUT2D eigenvalue weighted by atomic mass is 10.2. The molecule has 0 rings (SSSR count). The molecule has 0 aromatic carbocycles. The number of carbonyl (C=O) groups excluding carboxylic acids is 1. The van der Waals surface area contributed by atoms with Gasteiger partial charge in [-0.05, 0) is 19.8 Å². The molecule has 0 bridgehead atoms. The molecular weight excluding hydrogens is 258 g/mol. The Morgan fingerprint density at radius 2 is 1.79 bits per heavy atom. The maximum atomic E-state index is 10.2. The molecule has 0 fully saturated rings. The summed E-state index contributed by atoms with van der Waals surface area (Å²) in [6.07, 6.45) is -0.0519. The summed E-state index contributed by atoms with van der Waals surface area (Å²) in [7, 11) is 0. The monoisotopic (exact) mass is 279 g/mol. The van der Waals surface area contributed by atoms with Crippen molar-refractivity contribution in [2.45, 2.75) is 38.3 Å². The summed E-state index contributed by atoms with van der Waals surface area (Å²) >= 11 is 0. The molecule has 2 atom stereocenters. The van der Waals surface area contributed by atoms with Crippen molar-refractivity contribution < 1.29 is 29.7 Å². The van der Waals surface area contributed by atoms with E-state index in [1.165, 1.54) is 6.92 Å². The number of primary amides is 1. The van der Waals surface area contributed by atoms with Gasteiger partial charge in [0, 0.05) is 6.54 Å². The van der Waals surface area contributed by atoms with Gasteiger partial charge in [-0.2, -0.15) is 0 Å². The third-order valence-electron chi connectivity index (χ3n) is 1.78. The van der Waals surface area contributed by atoms with Crippen molar-refractivity contribution in [3.8, 4) is 0 Å². The summed E-state index contributed by atoms with van der Waals surface area (Å²) in [5, 5.41) is 26.9. The molecule has 2 amide bonds. The minimum Gasteiger partial charge on any atom is -0.481 e. The average molecular weight is 279 g/mol. The van der Waals surface area contributed by atoms with Gasteiger partial charge in [-0.1, -0.05) is 0 Å². The van der Waals surface area contributed by atoms with E-state index in [4.69, 9.17) is 26.8 Å². The first-order chi connectivity index (χ1) is 8.66. The Morgan fingerprint density at radius 1 is 1.26 bits per heavy atom. The minimum atomic E-state index is -1.03. The molecule has 0 aliphatic rings. The predicted octanol–water partition coefficient (Wildman–Crippen LogP) is -1.31. The molecule has 0 saturated heterocycles. The molecule has 0 heterocycles. The van der Waals surface area contributed by atoms with Gasteiger partial charge in [-0.25, -0.2) is 4.79 Å². The number of nitrogens with two attached hydrogens (primary N) is 2. The quantitative estimate of drug-likeness (QED) is 0.313. The summed E-state index contributed by atoms with van der Waals surface area (Å²) in [6.45, 7) is 1.80. The molecule has 0 aliphatic heterocycles. The van der Waals surface area contributed by atoms with Crippen LogP contribution in [0.4, 0.5) is 4.79 Å². The first kappa shape index (κ1) is 19.5. The highest BCUT2D eigenvalue weighted by Gasteiger charge is 2.09. The van der Waals surface area contributed by atoms with Crippen LogP contribution in [0.3, 0.4) is 0 Å². The van der Waals surface area contributed by atoms with Gasteiger partial charge in [0.05, 0.1) is 12.5 Å². The number of nitrogens with one attached hydrogen (secondary N) is 1. The molecule has 9 nitrogen and oxygen atoms in total. The van der Waals surface area contributed by atoms with Gasteiger partial charge in [0.2, 0.25) is 0 Å². The first-order valence-electron chi connectivity index (χ1n) is 5.58. The van der Waals surface area contributed by atoms with Crippen molar-refractivity contribution >= 4 is 18.0 Å². The molecule has 19 heavy (non-hydrogen) atoms. The van der Waals surface area contributed by atoms with Crippen LogP contribution in [0, 0.1) is 0 Å². The van der Waals surface area contributed by atoms with Gasteiger partial charge in [-0.3, -0.25) is 9.59 Å². The zero-order valence-electron chi connectivity index (χ0n) is 10.7. The molecular formula is C10H21N3O6. The topological polar surface area (TPSA) is 176 Å². The number of carboxylic acids is 2. The van der Waals surface area contributed by atoms with Crippen molar-refractivity contribution in [3.05, 3.63) is 0 Å². The van der Waals surface area contributed by atoms with Crippen LogP contribution in [-0.4, -0.2) is 52.0 Å². The zero-order valence-corrected chi connectivity index (χ0v) is 10.7. The van der Waals surface area contributed by atoms with E-state index in [2.05, 4.69) is 5.32 Å². The Morgan fingerprint density at radius 3 is 2.05 bits per heavy atom. The van der Waals surface area contributed by atoms with Crippen LogP contribution in [0.1, 0.15) is 26.2 Å².